The minimum Gasteiger partial charge on any atom is -0.339 e. The maximum absolute atomic E-state index is 12.4. The van der Waals surface area contributed by atoms with Gasteiger partial charge in [-0.3, -0.25) is 4.79 Å². The highest BCUT2D eigenvalue weighted by Gasteiger charge is 2.21. The van der Waals surface area contributed by atoms with Gasteiger partial charge in [-0.2, -0.15) is 0 Å². The van der Waals surface area contributed by atoms with Gasteiger partial charge in [-0.05, 0) is 56.5 Å². The van der Waals surface area contributed by atoms with Crippen LogP contribution >= 0.6 is 12.4 Å². The number of hydrogen-bond acceptors (Lipinski definition) is 4. The van der Waals surface area contributed by atoms with Crippen molar-refractivity contribution in [1.82, 2.24) is 10.2 Å². The van der Waals surface area contributed by atoms with E-state index >= 15 is 0 Å². The molecule has 7 heteroatoms. The molecule has 1 N–H and O–H groups in total. The molecule has 0 saturated carbocycles. The summed E-state index contributed by atoms with van der Waals surface area (Å²) in [5, 5.41) is 3.32. The van der Waals surface area contributed by atoms with Crippen LogP contribution in [0.15, 0.2) is 29.2 Å². The number of hydrogen-bond donors (Lipinski definition) is 1. The molecule has 1 amide bonds. The highest BCUT2D eigenvalue weighted by molar-refractivity contribution is 7.90. The zero-order chi connectivity index (χ0) is 17.0. The van der Waals surface area contributed by atoms with E-state index in [0.717, 1.165) is 31.5 Å². The van der Waals surface area contributed by atoms with Gasteiger partial charge in [0.15, 0.2) is 9.84 Å². The van der Waals surface area contributed by atoms with Crippen LogP contribution in [0.3, 0.4) is 0 Å². The minimum absolute atomic E-state index is 0. The van der Waals surface area contributed by atoms with Crippen LogP contribution in [0.1, 0.15) is 37.8 Å². The number of carbonyl (C=O) groups excluding carboxylic acids is 1. The second-order valence-corrected chi connectivity index (χ2v) is 8.44. The van der Waals surface area contributed by atoms with Crippen molar-refractivity contribution in [1.29, 1.82) is 0 Å². The van der Waals surface area contributed by atoms with Gasteiger partial charge in [0.1, 0.15) is 0 Å². The summed E-state index contributed by atoms with van der Waals surface area (Å²) in [7, 11) is -1.38. The van der Waals surface area contributed by atoms with Crippen LogP contribution in [-0.2, 0) is 14.6 Å². The predicted octanol–water partition coefficient (Wildman–Crippen LogP) is 2.42. The maximum atomic E-state index is 12.4. The summed E-state index contributed by atoms with van der Waals surface area (Å²) in [5.74, 6) is 0.744. The molecule has 1 aliphatic heterocycles. The predicted molar refractivity (Wildman–Crippen MR) is 98.2 cm³/mol. The van der Waals surface area contributed by atoms with Crippen LogP contribution in [0.2, 0.25) is 0 Å². The molecule has 1 aromatic carbocycles. The van der Waals surface area contributed by atoms with E-state index in [1.54, 1.807) is 29.2 Å². The van der Waals surface area contributed by atoms with Crippen LogP contribution in [0, 0.1) is 5.92 Å². The van der Waals surface area contributed by atoms with Crippen molar-refractivity contribution in [2.75, 3.05) is 26.4 Å². The first-order valence-electron chi connectivity index (χ1n) is 8.05. The number of nitrogens with zero attached hydrogens (tertiary/aromatic N) is 1. The Morgan fingerprint density at radius 3 is 2.46 bits per heavy atom. The zero-order valence-electron chi connectivity index (χ0n) is 14.5. The van der Waals surface area contributed by atoms with Gasteiger partial charge in [0, 0.05) is 19.7 Å². The Labute approximate surface area is 151 Å². The van der Waals surface area contributed by atoms with E-state index in [9.17, 15) is 13.2 Å². The Hall–Kier alpha value is -1.11. The molecular weight excluding hydrogens is 348 g/mol. The summed E-state index contributed by atoms with van der Waals surface area (Å²) in [5.41, 5.74) is 0.941. The Kier molecular flexibility index (Phi) is 7.70. The fourth-order valence-electron chi connectivity index (χ4n) is 2.90. The topological polar surface area (TPSA) is 66.5 Å². The van der Waals surface area contributed by atoms with Gasteiger partial charge in [0.25, 0.3) is 0 Å². The van der Waals surface area contributed by atoms with E-state index in [0.29, 0.717) is 17.2 Å². The molecule has 24 heavy (non-hydrogen) atoms. The molecule has 0 bridgehead atoms. The van der Waals surface area contributed by atoms with Crippen LogP contribution in [0.25, 0.3) is 0 Å². The lowest BCUT2D eigenvalue weighted by Gasteiger charge is -2.26. The Morgan fingerprint density at radius 1 is 1.33 bits per heavy atom. The second kappa shape index (κ2) is 8.83. The molecule has 2 rings (SSSR count). The number of rotatable bonds is 6. The van der Waals surface area contributed by atoms with Gasteiger partial charge in [0.2, 0.25) is 5.91 Å². The van der Waals surface area contributed by atoms with Crippen molar-refractivity contribution in [3.8, 4) is 0 Å². The number of carbonyl (C=O) groups is 1. The molecule has 2 unspecified atom stereocenters. The van der Waals surface area contributed by atoms with E-state index in [4.69, 9.17) is 0 Å². The molecule has 1 aromatic rings. The van der Waals surface area contributed by atoms with Crippen molar-refractivity contribution < 1.29 is 13.2 Å². The Balaban J connectivity index is 0.00000288. The monoisotopic (exact) mass is 374 g/mol. The quantitative estimate of drug-likeness (QED) is 0.830. The molecular formula is C17H27ClN2O3S. The van der Waals surface area contributed by atoms with E-state index in [-0.39, 0.29) is 24.4 Å². The molecule has 2 atom stereocenters. The molecule has 0 spiro atoms. The van der Waals surface area contributed by atoms with E-state index < -0.39 is 9.84 Å². The van der Waals surface area contributed by atoms with Gasteiger partial charge in [-0.15, -0.1) is 12.4 Å². The molecule has 0 radical (unpaired) electrons. The SMILES string of the molecule is CC(c1ccc(S(C)(=O)=O)cc1)N(C)C(=O)CCC1CCNC1.Cl. The second-order valence-electron chi connectivity index (χ2n) is 6.42. The minimum atomic E-state index is -3.19. The molecule has 136 valence electrons. The fraction of sp³-hybridized carbons (Fsp3) is 0.588. The highest BCUT2D eigenvalue weighted by Crippen LogP contribution is 2.23. The van der Waals surface area contributed by atoms with Crippen molar-refractivity contribution >= 4 is 28.2 Å². The summed E-state index contributed by atoms with van der Waals surface area (Å²) in [6.45, 7) is 4.03. The maximum Gasteiger partial charge on any atom is 0.222 e. The molecule has 0 aromatic heterocycles. The van der Waals surface area contributed by atoms with E-state index in [1.807, 2.05) is 14.0 Å². The first-order chi connectivity index (χ1) is 10.8. The first-order valence-corrected chi connectivity index (χ1v) is 9.94. The van der Waals surface area contributed by atoms with Crippen molar-refractivity contribution in [3.63, 3.8) is 0 Å². The molecule has 1 fully saturated rings. The molecule has 5 nitrogen and oxygen atoms in total. The van der Waals surface area contributed by atoms with Gasteiger partial charge >= 0.3 is 0 Å². The number of amides is 1. The average molecular weight is 375 g/mol. The molecule has 1 aliphatic rings. The highest BCUT2D eigenvalue weighted by atomic mass is 35.5. The average Bonchev–Trinajstić information content (AvgIpc) is 3.04. The zero-order valence-corrected chi connectivity index (χ0v) is 16.1. The van der Waals surface area contributed by atoms with Crippen LogP contribution < -0.4 is 5.32 Å². The van der Waals surface area contributed by atoms with Gasteiger partial charge in [-0.25, -0.2) is 8.42 Å². The summed E-state index contributed by atoms with van der Waals surface area (Å²) < 4.78 is 23.0. The largest absolute Gasteiger partial charge is 0.339 e. The van der Waals surface area contributed by atoms with Crippen molar-refractivity contribution in [2.45, 2.75) is 37.1 Å². The van der Waals surface area contributed by atoms with E-state index in [1.165, 1.54) is 6.26 Å². The number of benzene rings is 1. The number of halogens is 1. The van der Waals surface area contributed by atoms with Crippen LogP contribution in [0.4, 0.5) is 0 Å². The number of sulfone groups is 1. The number of nitrogens with one attached hydrogen (secondary N) is 1. The van der Waals surface area contributed by atoms with Crippen molar-refractivity contribution in [2.24, 2.45) is 5.92 Å². The lowest BCUT2D eigenvalue weighted by molar-refractivity contribution is -0.132. The fourth-order valence-corrected chi connectivity index (χ4v) is 3.53. The third kappa shape index (κ3) is 5.46. The smallest absolute Gasteiger partial charge is 0.222 e. The summed E-state index contributed by atoms with van der Waals surface area (Å²) in [6, 6.07) is 6.70. The lowest BCUT2D eigenvalue weighted by Crippen LogP contribution is -2.30. The van der Waals surface area contributed by atoms with Gasteiger partial charge < -0.3 is 10.2 Å². The van der Waals surface area contributed by atoms with Crippen molar-refractivity contribution in [3.05, 3.63) is 29.8 Å². The first kappa shape index (κ1) is 20.9. The van der Waals surface area contributed by atoms with Gasteiger partial charge in [-0.1, -0.05) is 12.1 Å². The van der Waals surface area contributed by atoms with E-state index in [2.05, 4.69) is 5.32 Å². The molecule has 0 aliphatic carbocycles. The van der Waals surface area contributed by atoms with Gasteiger partial charge in [0.05, 0.1) is 10.9 Å². The summed E-state index contributed by atoms with van der Waals surface area (Å²) in [4.78, 5) is 14.4. The van der Waals surface area contributed by atoms with Crippen LogP contribution in [0.5, 0.6) is 0 Å². The third-order valence-corrected chi connectivity index (χ3v) is 5.82. The Morgan fingerprint density at radius 2 is 1.96 bits per heavy atom. The normalized spacial score (nSPS) is 18.7. The van der Waals surface area contributed by atoms with Crippen LogP contribution in [-0.4, -0.2) is 45.6 Å². The Bertz CT molecular complexity index is 640. The lowest BCUT2D eigenvalue weighted by atomic mass is 10.0. The third-order valence-electron chi connectivity index (χ3n) is 4.69. The summed E-state index contributed by atoms with van der Waals surface area (Å²) >= 11 is 0. The molecule has 1 heterocycles. The standard InChI is InChI=1S/C17H26N2O3S.ClH/c1-13(15-5-7-16(8-6-15)23(3,21)22)19(2)17(20)9-4-14-10-11-18-12-14;/h5-8,13-14,18H,4,9-12H2,1-3H3;1H. The summed E-state index contributed by atoms with van der Waals surface area (Å²) in [6.07, 6.45) is 3.84. The molecule has 1 saturated heterocycles.